The van der Waals surface area contributed by atoms with Crippen LogP contribution in [-0.4, -0.2) is 27.5 Å². The smallest absolute Gasteiger partial charge is 0.115 e. The molecule has 126 valence electrons. The van der Waals surface area contributed by atoms with Gasteiger partial charge in [-0.2, -0.15) is 0 Å². The summed E-state index contributed by atoms with van der Waals surface area (Å²) in [6.45, 7) is 4.28. The number of allylic oxidation sites excluding steroid dienone is 4. The third kappa shape index (κ3) is 3.10. The molecule has 3 rings (SSSR count). The molecule has 0 heterocycles. The lowest BCUT2D eigenvalue weighted by Gasteiger charge is -2.45. The van der Waals surface area contributed by atoms with Crippen molar-refractivity contribution < 1.29 is 15.3 Å². The first-order valence-electron chi connectivity index (χ1n) is 8.25. The lowest BCUT2D eigenvalue weighted by Crippen LogP contribution is -2.36. The van der Waals surface area contributed by atoms with Gasteiger partial charge in [-0.15, -0.1) is 0 Å². The van der Waals surface area contributed by atoms with Gasteiger partial charge in [-0.3, -0.25) is 0 Å². The SMILES string of the molecule is CC1(C(c2ccc(O)cc2)C2(C)C=CC(O)C=C2)C=CC(O)C=C1. The number of hydrogen-bond acceptors (Lipinski definition) is 3. The molecule has 24 heavy (non-hydrogen) atoms. The Hall–Kier alpha value is -2.10. The van der Waals surface area contributed by atoms with Crippen LogP contribution in [0.25, 0.3) is 0 Å². The molecule has 1 aromatic carbocycles. The molecule has 3 heteroatoms. The van der Waals surface area contributed by atoms with Crippen LogP contribution in [0.3, 0.4) is 0 Å². The van der Waals surface area contributed by atoms with Crippen molar-refractivity contribution in [2.45, 2.75) is 32.0 Å². The lowest BCUT2D eigenvalue weighted by atomic mass is 9.58. The van der Waals surface area contributed by atoms with Gasteiger partial charge in [0, 0.05) is 16.7 Å². The number of phenols is 1. The van der Waals surface area contributed by atoms with Gasteiger partial charge in [0.05, 0.1) is 12.2 Å². The second kappa shape index (κ2) is 6.08. The minimum atomic E-state index is -0.550. The van der Waals surface area contributed by atoms with Crippen LogP contribution in [0.2, 0.25) is 0 Å². The molecule has 0 saturated carbocycles. The lowest BCUT2D eigenvalue weighted by molar-refractivity contribution is 0.234. The van der Waals surface area contributed by atoms with Crippen LogP contribution >= 0.6 is 0 Å². The number of aliphatic hydroxyl groups excluding tert-OH is 2. The van der Waals surface area contributed by atoms with Crippen LogP contribution in [0.15, 0.2) is 72.9 Å². The summed E-state index contributed by atoms with van der Waals surface area (Å²) in [5, 5.41) is 29.2. The summed E-state index contributed by atoms with van der Waals surface area (Å²) in [5.74, 6) is 0.286. The Balaban J connectivity index is 2.10. The van der Waals surface area contributed by atoms with Crippen molar-refractivity contribution in [3.63, 3.8) is 0 Å². The number of aromatic hydroxyl groups is 1. The summed E-state index contributed by atoms with van der Waals surface area (Å²) in [5.41, 5.74) is 0.485. The normalized spacial score (nSPS) is 36.0. The van der Waals surface area contributed by atoms with E-state index in [4.69, 9.17) is 0 Å². The maximum atomic E-state index is 9.77. The van der Waals surface area contributed by atoms with E-state index >= 15 is 0 Å². The number of rotatable bonds is 3. The minimum absolute atomic E-state index is 0.0469. The van der Waals surface area contributed by atoms with Crippen LogP contribution in [0, 0.1) is 10.8 Å². The van der Waals surface area contributed by atoms with Crippen LogP contribution in [-0.2, 0) is 0 Å². The predicted molar refractivity (Wildman–Crippen MR) is 95.6 cm³/mol. The van der Waals surface area contributed by atoms with E-state index in [0.717, 1.165) is 5.56 Å². The molecule has 0 aromatic heterocycles. The first-order chi connectivity index (χ1) is 11.3. The molecule has 2 aliphatic rings. The Morgan fingerprint density at radius 2 is 1.12 bits per heavy atom. The van der Waals surface area contributed by atoms with Gasteiger partial charge in [0.15, 0.2) is 0 Å². The van der Waals surface area contributed by atoms with E-state index in [2.05, 4.69) is 13.8 Å². The molecule has 0 amide bonds. The van der Waals surface area contributed by atoms with Gasteiger partial charge >= 0.3 is 0 Å². The van der Waals surface area contributed by atoms with Gasteiger partial charge in [-0.05, 0) is 17.7 Å². The maximum Gasteiger partial charge on any atom is 0.115 e. The Morgan fingerprint density at radius 3 is 1.50 bits per heavy atom. The van der Waals surface area contributed by atoms with E-state index in [9.17, 15) is 15.3 Å². The predicted octanol–water partition coefficient (Wildman–Crippen LogP) is 3.46. The van der Waals surface area contributed by atoms with Crippen molar-refractivity contribution in [1.29, 1.82) is 0 Å². The highest BCUT2D eigenvalue weighted by molar-refractivity contribution is 5.40. The van der Waals surface area contributed by atoms with E-state index in [1.54, 1.807) is 12.1 Å². The zero-order chi connectivity index (χ0) is 17.4. The highest BCUT2D eigenvalue weighted by Crippen LogP contribution is 2.53. The Bertz CT molecular complexity index is 641. The van der Waals surface area contributed by atoms with Crippen molar-refractivity contribution in [3.05, 3.63) is 78.4 Å². The molecule has 0 unspecified atom stereocenters. The molecule has 0 fully saturated rings. The second-order valence-corrected chi connectivity index (χ2v) is 7.17. The zero-order valence-corrected chi connectivity index (χ0v) is 14.0. The summed E-state index contributed by atoms with van der Waals surface area (Å²) in [4.78, 5) is 0. The largest absolute Gasteiger partial charge is 0.508 e. The first-order valence-corrected chi connectivity index (χ1v) is 8.25. The monoisotopic (exact) mass is 324 g/mol. The van der Waals surface area contributed by atoms with Gasteiger partial charge < -0.3 is 15.3 Å². The summed E-state index contributed by atoms with van der Waals surface area (Å²) in [6.07, 6.45) is 14.3. The molecular weight excluding hydrogens is 300 g/mol. The fourth-order valence-electron chi connectivity index (χ4n) is 3.90. The molecule has 0 spiro atoms. The number of benzene rings is 1. The third-order valence-electron chi connectivity index (χ3n) is 5.08. The van der Waals surface area contributed by atoms with E-state index in [1.807, 2.05) is 60.7 Å². The molecule has 3 N–H and O–H groups in total. The van der Waals surface area contributed by atoms with Gasteiger partial charge in [0.1, 0.15) is 5.75 Å². The van der Waals surface area contributed by atoms with Gasteiger partial charge in [-0.25, -0.2) is 0 Å². The van der Waals surface area contributed by atoms with Crippen LogP contribution in [0.5, 0.6) is 5.75 Å². The first kappa shape index (κ1) is 16.7. The number of hydrogen-bond donors (Lipinski definition) is 3. The maximum absolute atomic E-state index is 9.77. The Labute approximate surface area is 143 Å². The molecular formula is C21H24O3. The van der Waals surface area contributed by atoms with Crippen molar-refractivity contribution in [1.82, 2.24) is 0 Å². The van der Waals surface area contributed by atoms with Crippen LogP contribution in [0.4, 0.5) is 0 Å². The van der Waals surface area contributed by atoms with E-state index in [-0.39, 0.29) is 22.5 Å². The summed E-state index contributed by atoms with van der Waals surface area (Å²) < 4.78 is 0. The van der Waals surface area contributed by atoms with Crippen LogP contribution in [0.1, 0.15) is 25.3 Å². The van der Waals surface area contributed by atoms with Gasteiger partial charge in [-0.1, -0.05) is 74.6 Å². The Morgan fingerprint density at radius 1 is 0.750 bits per heavy atom. The number of phenolic OH excluding ortho intramolecular Hbond substituents is 1. The van der Waals surface area contributed by atoms with Gasteiger partial charge in [0.2, 0.25) is 0 Å². The van der Waals surface area contributed by atoms with Gasteiger partial charge in [0.25, 0.3) is 0 Å². The zero-order valence-electron chi connectivity index (χ0n) is 14.0. The average molecular weight is 324 g/mol. The summed E-state index contributed by atoms with van der Waals surface area (Å²) in [6, 6.07) is 7.28. The molecule has 0 radical (unpaired) electrons. The minimum Gasteiger partial charge on any atom is -0.508 e. The quantitative estimate of drug-likeness (QED) is 0.746. The Kier molecular flexibility index (Phi) is 4.24. The fraction of sp³-hybridized carbons (Fsp3) is 0.333. The highest BCUT2D eigenvalue weighted by Gasteiger charge is 2.43. The summed E-state index contributed by atoms with van der Waals surface area (Å²) >= 11 is 0. The highest BCUT2D eigenvalue weighted by atomic mass is 16.3. The average Bonchev–Trinajstić information content (AvgIpc) is 2.56. The molecule has 1 aromatic rings. The molecule has 0 saturated heterocycles. The van der Waals surface area contributed by atoms with Crippen molar-refractivity contribution >= 4 is 0 Å². The molecule has 0 atom stereocenters. The molecule has 2 aliphatic carbocycles. The second-order valence-electron chi connectivity index (χ2n) is 7.17. The summed E-state index contributed by atoms with van der Waals surface area (Å²) in [7, 11) is 0. The third-order valence-corrected chi connectivity index (χ3v) is 5.08. The van der Waals surface area contributed by atoms with Crippen molar-refractivity contribution in [2.75, 3.05) is 0 Å². The van der Waals surface area contributed by atoms with Crippen molar-refractivity contribution in [2.24, 2.45) is 10.8 Å². The molecule has 0 aliphatic heterocycles. The topological polar surface area (TPSA) is 60.7 Å². The molecule has 0 bridgehead atoms. The van der Waals surface area contributed by atoms with E-state index < -0.39 is 12.2 Å². The van der Waals surface area contributed by atoms with E-state index in [1.165, 1.54) is 0 Å². The van der Waals surface area contributed by atoms with E-state index in [0.29, 0.717) is 0 Å². The fourth-order valence-corrected chi connectivity index (χ4v) is 3.90. The molecule has 3 nitrogen and oxygen atoms in total. The van der Waals surface area contributed by atoms with Crippen molar-refractivity contribution in [3.8, 4) is 5.75 Å². The van der Waals surface area contributed by atoms with Crippen LogP contribution < -0.4 is 0 Å². The number of aliphatic hydroxyl groups is 2. The standard InChI is InChI=1S/C21H24O3/c1-20(11-7-17(23)8-12-20)19(15-3-5-16(22)6-4-15)21(2)13-9-18(24)10-14-21/h3-14,17-19,22-24H,1-2H3.